The third-order valence-electron chi connectivity index (χ3n) is 13.5. The number of hydrogen-bond donors (Lipinski definition) is 1. The molecular formula is C56H43BN2OS2. The Morgan fingerprint density at radius 3 is 2.02 bits per heavy atom. The van der Waals surface area contributed by atoms with Gasteiger partial charge in [-0.25, -0.2) is 0 Å². The maximum Gasteiger partial charge on any atom is 0.198 e. The third kappa shape index (κ3) is 5.23. The summed E-state index contributed by atoms with van der Waals surface area (Å²) < 4.78 is 14.6. The number of aromatic nitrogens is 1. The van der Waals surface area contributed by atoms with Crippen LogP contribution in [0.1, 0.15) is 52.7 Å². The van der Waals surface area contributed by atoms with Crippen molar-refractivity contribution >= 4 is 136 Å². The molecule has 0 aliphatic carbocycles. The van der Waals surface area contributed by atoms with Gasteiger partial charge in [-0.05, 0) is 99.0 Å². The van der Waals surface area contributed by atoms with Gasteiger partial charge in [0.15, 0.2) is 7.28 Å². The van der Waals surface area contributed by atoms with Gasteiger partial charge in [0.05, 0.1) is 10.9 Å². The number of para-hydroxylation sites is 1. The van der Waals surface area contributed by atoms with E-state index in [1.165, 1.54) is 101 Å². The van der Waals surface area contributed by atoms with Crippen molar-refractivity contribution in [1.82, 2.24) is 4.57 Å². The molecule has 6 heteroatoms. The van der Waals surface area contributed by atoms with Crippen molar-refractivity contribution < 1.29 is 4.42 Å². The van der Waals surface area contributed by atoms with Gasteiger partial charge in [-0.3, -0.25) is 0 Å². The van der Waals surface area contributed by atoms with E-state index in [9.17, 15) is 0 Å². The smallest absolute Gasteiger partial charge is 0.198 e. The Labute approximate surface area is 368 Å². The Morgan fingerprint density at radius 2 is 1.19 bits per heavy atom. The third-order valence-corrected chi connectivity index (χ3v) is 15.8. The van der Waals surface area contributed by atoms with Crippen LogP contribution in [0.4, 0.5) is 11.4 Å². The molecule has 1 aliphatic heterocycles. The highest BCUT2D eigenvalue weighted by molar-refractivity contribution is 7.26. The van der Waals surface area contributed by atoms with Crippen molar-refractivity contribution in [3.05, 3.63) is 151 Å². The molecular weight excluding hydrogens is 792 g/mol. The molecule has 5 heterocycles. The summed E-state index contributed by atoms with van der Waals surface area (Å²) in [7, 11) is 0.818. The van der Waals surface area contributed by atoms with Crippen LogP contribution in [0.15, 0.2) is 144 Å². The first-order chi connectivity index (χ1) is 30.0. The summed E-state index contributed by atoms with van der Waals surface area (Å²) in [4.78, 5) is 0. The average molecular weight is 835 g/mol. The van der Waals surface area contributed by atoms with E-state index in [0.717, 1.165) is 40.6 Å². The monoisotopic (exact) mass is 834 g/mol. The molecule has 1 N–H and O–H groups in total. The highest BCUT2D eigenvalue weighted by atomic mass is 32.1. The lowest BCUT2D eigenvalue weighted by atomic mass is 9.59. The quantitative estimate of drug-likeness (QED) is 0.180. The van der Waals surface area contributed by atoms with Gasteiger partial charge in [0, 0.05) is 79.3 Å². The fraction of sp³-hybridized carbons (Fsp3) is 0.143. The number of nitrogens with one attached hydrogen (secondary N) is 1. The second-order valence-corrected chi connectivity index (χ2v) is 21.6. The predicted molar refractivity (Wildman–Crippen MR) is 273 cm³/mol. The summed E-state index contributed by atoms with van der Waals surface area (Å²) in [6, 6.07) is 52.6. The molecule has 8 aromatic carbocycles. The Bertz CT molecular complexity index is 3880. The van der Waals surface area contributed by atoms with Gasteiger partial charge < -0.3 is 14.3 Å². The number of anilines is 2. The van der Waals surface area contributed by atoms with Gasteiger partial charge in [-0.1, -0.05) is 126 Å². The van der Waals surface area contributed by atoms with Crippen LogP contribution in [0.3, 0.4) is 0 Å². The molecule has 1 aliphatic rings. The molecule has 4 aromatic heterocycles. The highest BCUT2D eigenvalue weighted by Crippen LogP contribution is 2.46. The maximum absolute atomic E-state index is 6.81. The number of hydrogen-bond acceptors (Lipinski definition) is 4. The fourth-order valence-electron chi connectivity index (χ4n) is 10.3. The topological polar surface area (TPSA) is 30.1 Å². The Kier molecular flexibility index (Phi) is 7.40. The van der Waals surface area contributed by atoms with E-state index in [1.807, 2.05) is 22.7 Å². The Morgan fingerprint density at radius 1 is 0.532 bits per heavy atom. The van der Waals surface area contributed by atoms with E-state index in [-0.39, 0.29) is 10.8 Å². The van der Waals surface area contributed by atoms with Gasteiger partial charge in [-0.15, -0.1) is 22.7 Å². The molecule has 0 saturated heterocycles. The van der Waals surface area contributed by atoms with Crippen molar-refractivity contribution in [2.75, 3.05) is 5.32 Å². The summed E-state index contributed by atoms with van der Waals surface area (Å²) in [5.74, 6) is 0. The second kappa shape index (κ2) is 12.6. The predicted octanol–water partition coefficient (Wildman–Crippen LogP) is 15.1. The molecule has 12 aromatic rings. The molecule has 62 heavy (non-hydrogen) atoms. The van der Waals surface area contributed by atoms with E-state index >= 15 is 0 Å². The van der Waals surface area contributed by atoms with Crippen LogP contribution in [-0.4, -0.2) is 11.8 Å². The zero-order valence-corrected chi connectivity index (χ0v) is 37.3. The molecule has 0 atom stereocenters. The van der Waals surface area contributed by atoms with Gasteiger partial charge in [0.2, 0.25) is 0 Å². The van der Waals surface area contributed by atoms with Gasteiger partial charge in [0.1, 0.15) is 11.2 Å². The van der Waals surface area contributed by atoms with Crippen LogP contribution < -0.4 is 16.2 Å². The van der Waals surface area contributed by atoms with E-state index in [0.29, 0.717) is 0 Å². The number of furan rings is 1. The van der Waals surface area contributed by atoms with E-state index in [1.54, 1.807) is 0 Å². The number of rotatable bonds is 3. The van der Waals surface area contributed by atoms with E-state index in [4.69, 9.17) is 4.42 Å². The largest absolute Gasteiger partial charge is 0.455 e. The molecule has 0 amide bonds. The maximum atomic E-state index is 6.81. The van der Waals surface area contributed by atoms with Crippen LogP contribution in [0, 0.1) is 0 Å². The number of fused-ring (bicyclic) bond motifs is 15. The molecule has 0 spiro atoms. The molecule has 0 bridgehead atoms. The SMILES string of the molecule is CC(C)(C)c1ccc(Nc2cc3sc4cc(C(C)(C)C)ccc4c3cc2-c2ccc3c4c5oc6ccccc6c5ccc4n4c3c2Bc2cc3c(cc2-4)sc2ccccc23)cc1. The summed E-state index contributed by atoms with van der Waals surface area (Å²) in [5.41, 5.74) is 15.8. The van der Waals surface area contributed by atoms with E-state index in [2.05, 4.69) is 191 Å². The van der Waals surface area contributed by atoms with Crippen molar-refractivity contribution in [3.8, 4) is 16.8 Å². The normalized spacial score (nSPS) is 13.1. The van der Waals surface area contributed by atoms with Crippen LogP contribution >= 0.6 is 22.7 Å². The molecule has 0 fully saturated rings. The summed E-state index contributed by atoms with van der Waals surface area (Å²) in [6.45, 7) is 13.7. The first-order valence-electron chi connectivity index (χ1n) is 21.7. The first-order valence-corrected chi connectivity index (χ1v) is 23.3. The Hall–Kier alpha value is -6.34. The number of benzene rings is 8. The van der Waals surface area contributed by atoms with Crippen molar-refractivity contribution in [1.29, 1.82) is 0 Å². The highest BCUT2D eigenvalue weighted by Gasteiger charge is 2.30. The average Bonchev–Trinajstić information content (AvgIpc) is 4.01. The van der Waals surface area contributed by atoms with Crippen LogP contribution in [0.5, 0.6) is 0 Å². The van der Waals surface area contributed by atoms with Crippen LogP contribution in [-0.2, 0) is 10.8 Å². The van der Waals surface area contributed by atoms with Crippen LogP contribution in [0.25, 0.3) is 101 Å². The minimum Gasteiger partial charge on any atom is -0.455 e. The molecule has 298 valence electrons. The van der Waals surface area contributed by atoms with Crippen LogP contribution in [0.2, 0.25) is 0 Å². The lowest BCUT2D eigenvalue weighted by molar-refractivity contribution is 0.590. The molecule has 13 rings (SSSR count). The fourth-order valence-corrected chi connectivity index (χ4v) is 12.6. The molecule has 3 nitrogen and oxygen atoms in total. The number of nitrogens with zero attached hydrogens (tertiary/aromatic N) is 1. The van der Waals surface area contributed by atoms with Crippen molar-refractivity contribution in [3.63, 3.8) is 0 Å². The first kappa shape index (κ1) is 36.3. The molecule has 0 radical (unpaired) electrons. The van der Waals surface area contributed by atoms with E-state index < -0.39 is 0 Å². The zero-order chi connectivity index (χ0) is 41.8. The van der Waals surface area contributed by atoms with Crippen molar-refractivity contribution in [2.45, 2.75) is 52.4 Å². The lowest BCUT2D eigenvalue weighted by Gasteiger charge is -2.24. The molecule has 0 unspecified atom stereocenters. The Balaban J connectivity index is 1.11. The zero-order valence-electron chi connectivity index (χ0n) is 35.7. The minimum absolute atomic E-state index is 0.0725. The summed E-state index contributed by atoms with van der Waals surface area (Å²) in [6.07, 6.45) is 0. The van der Waals surface area contributed by atoms with Gasteiger partial charge in [0.25, 0.3) is 0 Å². The second-order valence-electron chi connectivity index (χ2n) is 19.4. The molecule has 0 saturated carbocycles. The lowest BCUT2D eigenvalue weighted by Crippen LogP contribution is -2.37. The van der Waals surface area contributed by atoms with Crippen molar-refractivity contribution in [2.24, 2.45) is 0 Å². The summed E-state index contributed by atoms with van der Waals surface area (Å²) in [5, 5.41) is 14.0. The summed E-state index contributed by atoms with van der Waals surface area (Å²) >= 11 is 3.79. The minimum atomic E-state index is 0.0725. The number of thiophene rings is 2. The van der Waals surface area contributed by atoms with Gasteiger partial charge >= 0.3 is 0 Å². The standard InChI is InChI=1S/C56H43BN2OS2/c1-55(2,3)30-15-18-32(19-16-30)58-43-28-49-40(35-20-17-31(56(4,5)6)25-48(35)62-49)26-39(43)36-21-22-38-51-44(24-23-37-33-11-7-9-13-46(33)60-54(37)51)59-45-29-50-41(27-42(45)57-52(36)53(38)59)34-12-8-10-14-47(34)61-50/h7-29,57-58H,1-6H3. The van der Waals surface area contributed by atoms with Gasteiger partial charge in [-0.2, -0.15) is 0 Å².